The van der Waals surface area contributed by atoms with Crippen LogP contribution in [-0.2, 0) is 4.79 Å². The van der Waals surface area contributed by atoms with Crippen molar-refractivity contribution in [2.45, 2.75) is 0 Å². The summed E-state index contributed by atoms with van der Waals surface area (Å²) in [5, 5.41) is 6.39. The van der Waals surface area contributed by atoms with E-state index in [9.17, 15) is 4.79 Å². The van der Waals surface area contributed by atoms with Gasteiger partial charge in [0, 0.05) is 9.26 Å². The topological polar surface area (TPSA) is 41.1 Å². The fraction of sp³-hybridized carbons (Fsp3) is 0.0714. The molecule has 0 aliphatic carbocycles. The summed E-state index contributed by atoms with van der Waals surface area (Å²) >= 11 is 8.20. The number of benzene rings is 2. The molecular weight excluding hydrogens is 375 g/mol. The maximum absolute atomic E-state index is 11.8. The molecule has 1 amide bonds. The molecule has 2 aromatic rings. The largest absolute Gasteiger partial charge is 0.375 e. The van der Waals surface area contributed by atoms with E-state index in [1.807, 2.05) is 36.4 Å². The molecular formula is C14H12ClIN2O. The van der Waals surface area contributed by atoms with Crippen LogP contribution >= 0.6 is 34.2 Å². The average molecular weight is 387 g/mol. The van der Waals surface area contributed by atoms with E-state index in [2.05, 4.69) is 33.2 Å². The first-order chi connectivity index (χ1) is 9.16. The van der Waals surface area contributed by atoms with Crippen molar-refractivity contribution in [3.05, 3.63) is 57.1 Å². The van der Waals surface area contributed by atoms with Gasteiger partial charge in [0.1, 0.15) is 0 Å². The van der Waals surface area contributed by atoms with Crippen LogP contribution in [0.4, 0.5) is 11.4 Å². The number of rotatable bonds is 4. The second kappa shape index (κ2) is 6.77. The van der Waals surface area contributed by atoms with E-state index in [4.69, 9.17) is 11.6 Å². The molecule has 0 saturated carbocycles. The van der Waals surface area contributed by atoms with E-state index in [0.29, 0.717) is 10.7 Å². The van der Waals surface area contributed by atoms with E-state index < -0.39 is 0 Å². The summed E-state index contributed by atoms with van der Waals surface area (Å²) in [6.07, 6.45) is 0. The summed E-state index contributed by atoms with van der Waals surface area (Å²) in [7, 11) is 0. The van der Waals surface area contributed by atoms with Crippen LogP contribution in [0.2, 0.25) is 5.02 Å². The van der Waals surface area contributed by atoms with E-state index in [1.54, 1.807) is 12.1 Å². The van der Waals surface area contributed by atoms with Gasteiger partial charge in [0.15, 0.2) is 0 Å². The Hall–Kier alpha value is -1.27. The number of amides is 1. The fourth-order valence-electron chi connectivity index (χ4n) is 1.54. The number of hydrogen-bond acceptors (Lipinski definition) is 2. The predicted octanol–water partition coefficient (Wildman–Crippen LogP) is 4.00. The number of para-hydroxylation sites is 2. The minimum atomic E-state index is -0.132. The minimum absolute atomic E-state index is 0.132. The number of anilines is 2. The molecule has 19 heavy (non-hydrogen) atoms. The number of carbonyl (C=O) groups excluding carboxylic acids is 1. The van der Waals surface area contributed by atoms with E-state index in [0.717, 1.165) is 9.26 Å². The minimum Gasteiger partial charge on any atom is -0.375 e. The fourth-order valence-corrected chi connectivity index (χ4v) is 2.30. The van der Waals surface area contributed by atoms with Crippen LogP contribution in [-0.4, -0.2) is 12.5 Å². The van der Waals surface area contributed by atoms with Gasteiger partial charge in [0.05, 0.1) is 17.3 Å². The summed E-state index contributed by atoms with van der Waals surface area (Å²) < 4.78 is 1.07. The molecule has 0 aromatic heterocycles. The maximum atomic E-state index is 11.8. The molecule has 2 N–H and O–H groups in total. The SMILES string of the molecule is O=C(CNc1ccccc1I)Nc1ccccc1Cl. The number of carbonyl (C=O) groups is 1. The molecule has 0 aliphatic heterocycles. The predicted molar refractivity (Wildman–Crippen MR) is 87.7 cm³/mol. The van der Waals surface area contributed by atoms with E-state index in [1.165, 1.54) is 0 Å². The zero-order valence-corrected chi connectivity index (χ0v) is 12.9. The number of hydrogen-bond donors (Lipinski definition) is 2. The zero-order valence-electron chi connectivity index (χ0n) is 9.99. The van der Waals surface area contributed by atoms with Gasteiger partial charge < -0.3 is 10.6 Å². The van der Waals surface area contributed by atoms with E-state index >= 15 is 0 Å². The molecule has 0 heterocycles. The highest BCUT2D eigenvalue weighted by molar-refractivity contribution is 14.1. The molecule has 0 aliphatic rings. The quantitative estimate of drug-likeness (QED) is 0.780. The maximum Gasteiger partial charge on any atom is 0.243 e. The summed E-state index contributed by atoms with van der Waals surface area (Å²) in [6, 6.07) is 15.0. The van der Waals surface area contributed by atoms with Gasteiger partial charge in [-0.1, -0.05) is 35.9 Å². The molecule has 0 atom stereocenters. The van der Waals surface area contributed by atoms with Crippen LogP contribution in [0.25, 0.3) is 0 Å². The Morgan fingerprint density at radius 3 is 2.37 bits per heavy atom. The molecule has 0 saturated heterocycles. The highest BCUT2D eigenvalue weighted by Crippen LogP contribution is 2.20. The zero-order chi connectivity index (χ0) is 13.7. The summed E-state index contributed by atoms with van der Waals surface area (Å²) in [6.45, 7) is 0.200. The third kappa shape index (κ3) is 4.11. The lowest BCUT2D eigenvalue weighted by Gasteiger charge is -2.10. The van der Waals surface area contributed by atoms with E-state index in [-0.39, 0.29) is 12.5 Å². The first-order valence-corrected chi connectivity index (χ1v) is 7.15. The van der Waals surface area contributed by atoms with Crippen molar-refractivity contribution in [1.29, 1.82) is 0 Å². The van der Waals surface area contributed by atoms with Crippen molar-refractivity contribution in [2.24, 2.45) is 0 Å². The van der Waals surface area contributed by atoms with Crippen molar-refractivity contribution >= 4 is 51.5 Å². The van der Waals surface area contributed by atoms with Crippen molar-refractivity contribution < 1.29 is 4.79 Å². The molecule has 5 heteroatoms. The highest BCUT2D eigenvalue weighted by Gasteiger charge is 2.05. The molecule has 2 aromatic carbocycles. The Balaban J connectivity index is 1.92. The van der Waals surface area contributed by atoms with Crippen LogP contribution in [0.3, 0.4) is 0 Å². The van der Waals surface area contributed by atoms with Crippen LogP contribution < -0.4 is 10.6 Å². The molecule has 2 rings (SSSR count). The van der Waals surface area contributed by atoms with Gasteiger partial charge in [-0.05, 0) is 46.9 Å². The Labute approximate surface area is 130 Å². The molecule has 0 fully saturated rings. The molecule has 98 valence electrons. The van der Waals surface area contributed by atoms with Gasteiger partial charge in [-0.25, -0.2) is 0 Å². The summed E-state index contributed by atoms with van der Waals surface area (Å²) in [5.41, 5.74) is 1.57. The number of halogens is 2. The summed E-state index contributed by atoms with van der Waals surface area (Å²) in [5.74, 6) is -0.132. The van der Waals surface area contributed by atoms with Crippen molar-refractivity contribution in [3.8, 4) is 0 Å². The standard InChI is InChI=1S/C14H12ClIN2O/c15-10-5-1-3-7-12(10)18-14(19)9-17-13-8-4-2-6-11(13)16/h1-8,17H,9H2,(H,18,19). The monoisotopic (exact) mass is 386 g/mol. The Kier molecular flexibility index (Phi) is 5.04. The van der Waals surface area contributed by atoms with Crippen molar-refractivity contribution in [1.82, 2.24) is 0 Å². The third-order valence-electron chi connectivity index (χ3n) is 2.46. The van der Waals surface area contributed by atoms with Crippen LogP contribution in [0.15, 0.2) is 48.5 Å². The first-order valence-electron chi connectivity index (χ1n) is 5.69. The van der Waals surface area contributed by atoms with Gasteiger partial charge >= 0.3 is 0 Å². The van der Waals surface area contributed by atoms with Crippen molar-refractivity contribution in [3.63, 3.8) is 0 Å². The second-order valence-electron chi connectivity index (χ2n) is 3.86. The summed E-state index contributed by atoms with van der Waals surface area (Å²) in [4.78, 5) is 11.8. The Morgan fingerprint density at radius 1 is 1.05 bits per heavy atom. The van der Waals surface area contributed by atoms with Gasteiger partial charge in [-0.2, -0.15) is 0 Å². The highest BCUT2D eigenvalue weighted by atomic mass is 127. The molecule has 3 nitrogen and oxygen atoms in total. The molecule has 0 spiro atoms. The second-order valence-corrected chi connectivity index (χ2v) is 5.43. The van der Waals surface area contributed by atoms with Gasteiger partial charge in [0.25, 0.3) is 0 Å². The third-order valence-corrected chi connectivity index (χ3v) is 3.73. The van der Waals surface area contributed by atoms with Gasteiger partial charge in [0.2, 0.25) is 5.91 Å². The van der Waals surface area contributed by atoms with Crippen molar-refractivity contribution in [2.75, 3.05) is 17.2 Å². The normalized spacial score (nSPS) is 10.0. The molecule has 0 unspecified atom stereocenters. The lowest BCUT2D eigenvalue weighted by Crippen LogP contribution is -2.22. The van der Waals surface area contributed by atoms with Gasteiger partial charge in [-0.15, -0.1) is 0 Å². The molecule has 0 radical (unpaired) electrons. The average Bonchev–Trinajstić information content (AvgIpc) is 2.40. The lowest BCUT2D eigenvalue weighted by atomic mass is 10.3. The molecule has 0 bridgehead atoms. The number of nitrogens with one attached hydrogen (secondary N) is 2. The Morgan fingerprint density at radius 2 is 1.68 bits per heavy atom. The van der Waals surface area contributed by atoms with Crippen LogP contribution in [0, 0.1) is 3.57 Å². The van der Waals surface area contributed by atoms with Crippen LogP contribution in [0.1, 0.15) is 0 Å². The Bertz CT molecular complexity index is 589. The van der Waals surface area contributed by atoms with Crippen LogP contribution in [0.5, 0.6) is 0 Å². The smallest absolute Gasteiger partial charge is 0.243 e. The first kappa shape index (κ1) is 14.1. The lowest BCUT2D eigenvalue weighted by molar-refractivity contribution is -0.114. The van der Waals surface area contributed by atoms with Gasteiger partial charge in [-0.3, -0.25) is 4.79 Å².